The summed E-state index contributed by atoms with van der Waals surface area (Å²) in [4.78, 5) is 47.6. The smallest absolute Gasteiger partial charge is 0.321 e. The summed E-state index contributed by atoms with van der Waals surface area (Å²) in [5.74, 6) is -2.77. The molecular formula is C17H14O5. The summed E-state index contributed by atoms with van der Waals surface area (Å²) in [6.45, 7) is 0. The highest BCUT2D eigenvalue weighted by molar-refractivity contribution is 6.07. The lowest BCUT2D eigenvalue weighted by Gasteiger charge is -2.33. The largest absolute Gasteiger partial charge is 0.392 e. The fraction of sp³-hybridized carbons (Fsp3) is 0.412. The lowest BCUT2D eigenvalue weighted by molar-refractivity contribution is -0.153. The molecule has 4 unspecified atom stereocenters. The van der Waals surface area contributed by atoms with E-state index in [2.05, 4.69) is 0 Å². The number of carbonyl (C=O) groups excluding carboxylic acids is 4. The number of cyclic esters (lactones) is 2. The zero-order chi connectivity index (χ0) is 15.4. The first-order chi connectivity index (χ1) is 10.6. The molecule has 5 heteroatoms. The van der Waals surface area contributed by atoms with Crippen LogP contribution in [0.1, 0.15) is 42.2 Å². The normalized spacial score (nSPS) is 33.6. The van der Waals surface area contributed by atoms with Crippen molar-refractivity contribution >= 4 is 23.5 Å². The first-order valence-corrected chi connectivity index (χ1v) is 7.45. The van der Waals surface area contributed by atoms with Crippen molar-refractivity contribution < 1.29 is 23.9 Å². The Hall–Kier alpha value is -2.30. The monoisotopic (exact) mass is 298 g/mol. The molecule has 1 heterocycles. The van der Waals surface area contributed by atoms with Crippen LogP contribution in [0.25, 0.3) is 0 Å². The molecule has 1 saturated carbocycles. The predicted octanol–water partition coefficient (Wildman–Crippen LogP) is 1.51. The van der Waals surface area contributed by atoms with Gasteiger partial charge in [-0.2, -0.15) is 0 Å². The SMILES string of the molecule is O=C1CC(=O)C(C2CC3C(=O)OC(=O)C3c3ccccc32)C1. The zero-order valence-corrected chi connectivity index (χ0v) is 11.8. The minimum atomic E-state index is -0.563. The summed E-state index contributed by atoms with van der Waals surface area (Å²) in [6, 6.07) is 7.38. The van der Waals surface area contributed by atoms with Gasteiger partial charge >= 0.3 is 11.9 Å². The Morgan fingerprint density at radius 1 is 0.864 bits per heavy atom. The highest BCUT2D eigenvalue weighted by atomic mass is 16.6. The molecule has 3 aliphatic rings. The maximum atomic E-state index is 12.1. The summed E-state index contributed by atoms with van der Waals surface area (Å²) in [6.07, 6.45) is 0.620. The molecule has 1 aromatic carbocycles. The van der Waals surface area contributed by atoms with Gasteiger partial charge in [-0.3, -0.25) is 19.2 Å². The molecule has 4 rings (SSSR count). The minimum absolute atomic E-state index is 0.0131. The molecule has 1 saturated heterocycles. The summed E-state index contributed by atoms with van der Waals surface area (Å²) >= 11 is 0. The van der Waals surface area contributed by atoms with Crippen LogP contribution in [0, 0.1) is 11.8 Å². The van der Waals surface area contributed by atoms with Crippen molar-refractivity contribution in [1.29, 1.82) is 0 Å². The lowest BCUT2D eigenvalue weighted by atomic mass is 9.67. The van der Waals surface area contributed by atoms with Gasteiger partial charge in [-0.1, -0.05) is 24.3 Å². The summed E-state index contributed by atoms with van der Waals surface area (Å²) < 4.78 is 4.79. The van der Waals surface area contributed by atoms with Crippen LogP contribution in [0.5, 0.6) is 0 Å². The van der Waals surface area contributed by atoms with Gasteiger partial charge in [0.15, 0.2) is 0 Å². The van der Waals surface area contributed by atoms with Gasteiger partial charge in [-0.15, -0.1) is 0 Å². The summed E-state index contributed by atoms with van der Waals surface area (Å²) in [5, 5.41) is 0. The second-order valence-corrected chi connectivity index (χ2v) is 6.29. The van der Waals surface area contributed by atoms with E-state index in [1.54, 1.807) is 0 Å². The van der Waals surface area contributed by atoms with Gasteiger partial charge in [-0.25, -0.2) is 0 Å². The third-order valence-corrected chi connectivity index (χ3v) is 5.12. The molecule has 2 aliphatic carbocycles. The molecule has 0 bridgehead atoms. The topological polar surface area (TPSA) is 77.5 Å². The molecule has 0 amide bonds. The Labute approximate surface area is 126 Å². The number of carbonyl (C=O) groups is 4. The van der Waals surface area contributed by atoms with Gasteiger partial charge in [0.1, 0.15) is 11.6 Å². The number of hydrogen-bond donors (Lipinski definition) is 0. The van der Waals surface area contributed by atoms with E-state index in [1.165, 1.54) is 0 Å². The van der Waals surface area contributed by atoms with Crippen LogP contribution >= 0.6 is 0 Å². The quantitative estimate of drug-likeness (QED) is 0.580. The van der Waals surface area contributed by atoms with E-state index in [0.717, 1.165) is 11.1 Å². The highest BCUT2D eigenvalue weighted by Gasteiger charge is 2.52. The first-order valence-electron chi connectivity index (χ1n) is 7.45. The molecule has 22 heavy (non-hydrogen) atoms. The van der Waals surface area contributed by atoms with E-state index in [4.69, 9.17) is 4.74 Å². The Kier molecular flexibility index (Phi) is 2.79. The fourth-order valence-corrected chi connectivity index (χ4v) is 4.15. The molecule has 1 aromatic rings. The Bertz CT molecular complexity index is 720. The zero-order valence-electron chi connectivity index (χ0n) is 11.8. The average molecular weight is 298 g/mol. The fourth-order valence-electron chi connectivity index (χ4n) is 4.15. The van der Waals surface area contributed by atoms with Crippen molar-refractivity contribution in [3.63, 3.8) is 0 Å². The minimum Gasteiger partial charge on any atom is -0.392 e. The van der Waals surface area contributed by atoms with E-state index < -0.39 is 23.8 Å². The van der Waals surface area contributed by atoms with Gasteiger partial charge in [0.2, 0.25) is 0 Å². The van der Waals surface area contributed by atoms with E-state index in [0.29, 0.717) is 6.42 Å². The Balaban J connectivity index is 1.81. The number of esters is 2. The number of Topliss-reactive ketones (excluding diaryl/α,β-unsaturated/α-hetero) is 2. The van der Waals surface area contributed by atoms with Gasteiger partial charge in [0.05, 0.1) is 18.3 Å². The van der Waals surface area contributed by atoms with Crippen LogP contribution < -0.4 is 0 Å². The third kappa shape index (κ3) is 1.78. The average Bonchev–Trinajstić information content (AvgIpc) is 2.97. The maximum Gasteiger partial charge on any atom is 0.321 e. The van der Waals surface area contributed by atoms with Crippen molar-refractivity contribution in [2.75, 3.05) is 0 Å². The maximum absolute atomic E-state index is 12.1. The van der Waals surface area contributed by atoms with E-state index in [-0.39, 0.29) is 36.2 Å². The van der Waals surface area contributed by atoms with Crippen molar-refractivity contribution in [3.8, 4) is 0 Å². The van der Waals surface area contributed by atoms with E-state index in [9.17, 15) is 19.2 Å². The molecule has 0 spiro atoms. The molecule has 112 valence electrons. The second-order valence-electron chi connectivity index (χ2n) is 6.29. The molecule has 1 aliphatic heterocycles. The number of rotatable bonds is 1. The lowest BCUT2D eigenvalue weighted by Crippen LogP contribution is -2.30. The van der Waals surface area contributed by atoms with Gasteiger partial charge in [0, 0.05) is 12.3 Å². The standard InChI is InChI=1S/C17H14O5/c18-8-5-12(14(19)6-8)11-7-13-15(17(21)22-16(13)20)10-4-2-1-3-9(10)11/h1-4,11-13,15H,5-7H2. The van der Waals surface area contributed by atoms with Gasteiger partial charge in [0.25, 0.3) is 0 Å². The van der Waals surface area contributed by atoms with E-state index in [1.807, 2.05) is 24.3 Å². The van der Waals surface area contributed by atoms with Crippen LogP contribution in [0.2, 0.25) is 0 Å². The van der Waals surface area contributed by atoms with Crippen LogP contribution in [0.3, 0.4) is 0 Å². The summed E-state index contributed by atoms with van der Waals surface area (Å²) in [5.41, 5.74) is 1.68. The van der Waals surface area contributed by atoms with Crippen molar-refractivity contribution in [1.82, 2.24) is 0 Å². The first kappa shape index (κ1) is 13.4. The summed E-state index contributed by atoms with van der Waals surface area (Å²) in [7, 11) is 0. The van der Waals surface area contributed by atoms with Crippen LogP contribution in [-0.4, -0.2) is 23.5 Å². The van der Waals surface area contributed by atoms with Crippen molar-refractivity contribution in [2.45, 2.75) is 31.1 Å². The molecule has 2 fully saturated rings. The molecule has 0 N–H and O–H groups in total. The van der Waals surface area contributed by atoms with Crippen LogP contribution in [-0.2, 0) is 23.9 Å². The number of ether oxygens (including phenoxy) is 1. The van der Waals surface area contributed by atoms with Crippen LogP contribution in [0.15, 0.2) is 24.3 Å². The highest BCUT2D eigenvalue weighted by Crippen LogP contribution is 2.50. The number of fused-ring (bicyclic) bond motifs is 3. The molecule has 5 nitrogen and oxygen atoms in total. The number of hydrogen-bond acceptors (Lipinski definition) is 5. The van der Waals surface area contributed by atoms with Gasteiger partial charge in [-0.05, 0) is 23.5 Å². The Morgan fingerprint density at radius 2 is 1.59 bits per heavy atom. The second kappa shape index (κ2) is 4.60. The molecule has 4 atom stereocenters. The van der Waals surface area contributed by atoms with E-state index >= 15 is 0 Å². The van der Waals surface area contributed by atoms with Crippen molar-refractivity contribution in [3.05, 3.63) is 35.4 Å². The molecular weight excluding hydrogens is 284 g/mol. The Morgan fingerprint density at radius 3 is 2.27 bits per heavy atom. The van der Waals surface area contributed by atoms with Gasteiger partial charge < -0.3 is 4.74 Å². The number of ketones is 2. The predicted molar refractivity (Wildman–Crippen MR) is 73.9 cm³/mol. The third-order valence-electron chi connectivity index (χ3n) is 5.12. The van der Waals surface area contributed by atoms with Crippen LogP contribution in [0.4, 0.5) is 0 Å². The number of benzene rings is 1. The molecule has 0 radical (unpaired) electrons. The van der Waals surface area contributed by atoms with Crippen molar-refractivity contribution in [2.24, 2.45) is 11.8 Å². The molecule has 0 aromatic heterocycles.